The topological polar surface area (TPSA) is 37.0 Å². The first kappa shape index (κ1) is 19.3. The van der Waals surface area contributed by atoms with Crippen molar-refractivity contribution in [2.24, 2.45) is 0 Å². The van der Waals surface area contributed by atoms with Crippen LogP contribution in [0.2, 0.25) is 0 Å². The van der Waals surface area contributed by atoms with E-state index in [2.05, 4.69) is 27.2 Å². The summed E-state index contributed by atoms with van der Waals surface area (Å²) < 4.78 is 11.2. The quantitative estimate of drug-likeness (QED) is 0.758. The van der Waals surface area contributed by atoms with E-state index in [9.17, 15) is 0 Å². The zero-order valence-corrected chi connectivity index (χ0v) is 16.8. The van der Waals surface area contributed by atoms with Crippen LogP contribution >= 0.6 is 12.2 Å². The maximum Gasteiger partial charge on any atom is 0.173 e. The lowest BCUT2D eigenvalue weighted by atomic mass is 10.2. The minimum atomic E-state index is 0.669. The van der Waals surface area contributed by atoms with Crippen molar-refractivity contribution in [1.82, 2.24) is 4.90 Å². The molecule has 0 unspecified atom stereocenters. The molecular weight excluding hydrogens is 358 g/mol. The van der Waals surface area contributed by atoms with Gasteiger partial charge in [-0.25, -0.2) is 0 Å². The molecule has 1 N–H and O–H groups in total. The molecule has 2 aromatic rings. The molecule has 0 radical (unpaired) electrons. The summed E-state index contributed by atoms with van der Waals surface area (Å²) in [4.78, 5) is 4.58. The second kappa shape index (κ2) is 9.46. The third-order valence-electron chi connectivity index (χ3n) is 4.49. The van der Waals surface area contributed by atoms with Crippen molar-refractivity contribution in [3.8, 4) is 11.5 Å². The van der Waals surface area contributed by atoms with Gasteiger partial charge in [-0.3, -0.25) is 0 Å². The number of hydrogen-bond acceptors (Lipinski definition) is 4. The number of thiocarbonyl (C=S) groups is 1. The zero-order valence-electron chi connectivity index (χ0n) is 16.0. The monoisotopic (exact) mass is 385 g/mol. The van der Waals surface area contributed by atoms with E-state index in [1.54, 1.807) is 0 Å². The van der Waals surface area contributed by atoms with Crippen molar-refractivity contribution < 1.29 is 9.47 Å². The minimum absolute atomic E-state index is 0.669. The van der Waals surface area contributed by atoms with E-state index in [0.717, 1.165) is 54.2 Å². The van der Waals surface area contributed by atoms with Gasteiger partial charge in [-0.1, -0.05) is 12.1 Å². The summed E-state index contributed by atoms with van der Waals surface area (Å²) in [6.45, 7) is 8.92. The van der Waals surface area contributed by atoms with Gasteiger partial charge in [0, 0.05) is 31.9 Å². The SMILES string of the molecule is CCOc1ccc(NC(=S)N2CCN(c3ccccc3OCC)CC2)cc1. The van der Waals surface area contributed by atoms with Crippen LogP contribution in [-0.4, -0.2) is 49.4 Å². The molecule has 1 aliphatic rings. The average Bonchev–Trinajstić information content (AvgIpc) is 2.70. The van der Waals surface area contributed by atoms with Gasteiger partial charge in [-0.2, -0.15) is 0 Å². The lowest BCUT2D eigenvalue weighted by molar-refractivity contribution is 0.336. The number of benzene rings is 2. The fourth-order valence-electron chi connectivity index (χ4n) is 3.15. The van der Waals surface area contributed by atoms with E-state index in [1.165, 1.54) is 0 Å². The molecule has 3 rings (SSSR count). The summed E-state index contributed by atoms with van der Waals surface area (Å²) in [6, 6.07) is 16.1. The molecule has 6 heteroatoms. The number of ether oxygens (including phenoxy) is 2. The normalized spacial score (nSPS) is 14.0. The standard InChI is InChI=1S/C21H27N3O2S/c1-3-25-18-11-9-17(10-12-18)22-21(27)24-15-13-23(14-16-24)19-7-5-6-8-20(19)26-4-2/h5-12H,3-4,13-16H2,1-2H3,(H,22,27). The highest BCUT2D eigenvalue weighted by molar-refractivity contribution is 7.80. The number of nitrogens with zero attached hydrogens (tertiary/aromatic N) is 2. The van der Waals surface area contributed by atoms with Crippen molar-refractivity contribution in [3.05, 3.63) is 48.5 Å². The smallest absolute Gasteiger partial charge is 0.173 e. The highest BCUT2D eigenvalue weighted by Crippen LogP contribution is 2.29. The highest BCUT2D eigenvalue weighted by atomic mass is 32.1. The zero-order chi connectivity index (χ0) is 19.1. The van der Waals surface area contributed by atoms with Gasteiger partial charge in [0.15, 0.2) is 5.11 Å². The van der Waals surface area contributed by atoms with Gasteiger partial charge < -0.3 is 24.6 Å². The Morgan fingerprint density at radius 3 is 2.26 bits per heavy atom. The Labute approximate surface area is 166 Å². The predicted molar refractivity (Wildman–Crippen MR) is 115 cm³/mol. The summed E-state index contributed by atoms with van der Waals surface area (Å²) in [5.74, 6) is 1.82. The summed E-state index contributed by atoms with van der Waals surface area (Å²) in [7, 11) is 0. The first-order valence-electron chi connectivity index (χ1n) is 9.46. The average molecular weight is 386 g/mol. The molecule has 0 saturated carbocycles. The number of para-hydroxylation sites is 2. The van der Waals surface area contributed by atoms with E-state index in [0.29, 0.717) is 13.2 Å². The van der Waals surface area contributed by atoms with Crippen molar-refractivity contribution in [2.75, 3.05) is 49.6 Å². The first-order valence-corrected chi connectivity index (χ1v) is 9.87. The fourth-order valence-corrected chi connectivity index (χ4v) is 3.45. The lowest BCUT2D eigenvalue weighted by Crippen LogP contribution is -2.50. The van der Waals surface area contributed by atoms with Crippen LogP contribution in [-0.2, 0) is 0 Å². The van der Waals surface area contributed by atoms with E-state index in [1.807, 2.05) is 50.2 Å². The molecule has 0 aromatic heterocycles. The minimum Gasteiger partial charge on any atom is -0.494 e. The van der Waals surface area contributed by atoms with E-state index in [4.69, 9.17) is 21.7 Å². The molecule has 5 nitrogen and oxygen atoms in total. The Bertz CT molecular complexity index is 743. The molecule has 0 aliphatic carbocycles. The number of hydrogen-bond donors (Lipinski definition) is 1. The Morgan fingerprint density at radius 1 is 0.926 bits per heavy atom. The highest BCUT2D eigenvalue weighted by Gasteiger charge is 2.21. The number of rotatable bonds is 6. The van der Waals surface area contributed by atoms with Gasteiger partial charge in [-0.05, 0) is 62.5 Å². The molecule has 1 fully saturated rings. The van der Waals surface area contributed by atoms with E-state index >= 15 is 0 Å². The van der Waals surface area contributed by atoms with Gasteiger partial charge in [0.2, 0.25) is 0 Å². The fraction of sp³-hybridized carbons (Fsp3) is 0.381. The van der Waals surface area contributed by atoms with Crippen molar-refractivity contribution >= 4 is 28.7 Å². The molecule has 0 amide bonds. The maximum absolute atomic E-state index is 5.77. The van der Waals surface area contributed by atoms with Crippen LogP contribution in [0.25, 0.3) is 0 Å². The van der Waals surface area contributed by atoms with Gasteiger partial charge in [0.1, 0.15) is 11.5 Å². The summed E-state index contributed by atoms with van der Waals surface area (Å²) in [5.41, 5.74) is 2.14. The second-order valence-corrected chi connectivity index (χ2v) is 6.65. The third kappa shape index (κ3) is 5.04. The molecule has 0 atom stereocenters. The summed E-state index contributed by atoms with van der Waals surface area (Å²) in [6.07, 6.45) is 0. The van der Waals surface area contributed by atoms with Crippen molar-refractivity contribution in [2.45, 2.75) is 13.8 Å². The molecule has 1 aliphatic heterocycles. The third-order valence-corrected chi connectivity index (χ3v) is 4.85. The molecule has 0 bridgehead atoms. The maximum atomic E-state index is 5.77. The number of anilines is 2. The molecule has 2 aromatic carbocycles. The Kier molecular flexibility index (Phi) is 6.76. The second-order valence-electron chi connectivity index (χ2n) is 6.26. The van der Waals surface area contributed by atoms with Crippen LogP contribution in [0, 0.1) is 0 Å². The first-order chi connectivity index (χ1) is 13.2. The Hall–Kier alpha value is -2.47. The van der Waals surface area contributed by atoms with Crippen molar-refractivity contribution in [3.63, 3.8) is 0 Å². The molecule has 0 spiro atoms. The largest absolute Gasteiger partial charge is 0.494 e. The van der Waals surface area contributed by atoms with E-state index < -0.39 is 0 Å². The van der Waals surface area contributed by atoms with Gasteiger partial charge in [-0.15, -0.1) is 0 Å². The summed E-state index contributed by atoms with van der Waals surface area (Å²) in [5, 5.41) is 4.09. The molecule has 144 valence electrons. The van der Waals surface area contributed by atoms with Gasteiger partial charge >= 0.3 is 0 Å². The molecule has 27 heavy (non-hydrogen) atoms. The van der Waals surface area contributed by atoms with Gasteiger partial charge in [0.25, 0.3) is 0 Å². The number of piperazine rings is 1. The van der Waals surface area contributed by atoms with Crippen LogP contribution in [0.5, 0.6) is 11.5 Å². The summed E-state index contributed by atoms with van der Waals surface area (Å²) >= 11 is 5.60. The van der Waals surface area contributed by atoms with Crippen LogP contribution in [0.3, 0.4) is 0 Å². The van der Waals surface area contributed by atoms with Gasteiger partial charge in [0.05, 0.1) is 18.9 Å². The number of nitrogens with one attached hydrogen (secondary N) is 1. The molecular formula is C21H27N3O2S. The Morgan fingerprint density at radius 2 is 1.59 bits per heavy atom. The van der Waals surface area contributed by atoms with Crippen LogP contribution in [0.1, 0.15) is 13.8 Å². The predicted octanol–water partition coefficient (Wildman–Crippen LogP) is 4.00. The molecule has 1 saturated heterocycles. The molecule has 1 heterocycles. The Balaban J connectivity index is 1.55. The van der Waals surface area contributed by atoms with Crippen LogP contribution < -0.4 is 19.7 Å². The van der Waals surface area contributed by atoms with Crippen LogP contribution in [0.15, 0.2) is 48.5 Å². The van der Waals surface area contributed by atoms with Crippen LogP contribution in [0.4, 0.5) is 11.4 Å². The van der Waals surface area contributed by atoms with E-state index in [-0.39, 0.29) is 0 Å². The lowest BCUT2D eigenvalue weighted by Gasteiger charge is -2.38. The van der Waals surface area contributed by atoms with Crippen molar-refractivity contribution in [1.29, 1.82) is 0 Å².